The molecule has 1 N–H and O–H groups in total. The summed E-state index contributed by atoms with van der Waals surface area (Å²) in [5.41, 5.74) is 1.29. The van der Waals surface area contributed by atoms with Gasteiger partial charge in [0.15, 0.2) is 11.5 Å². The summed E-state index contributed by atoms with van der Waals surface area (Å²) in [5, 5.41) is 3.57. The van der Waals surface area contributed by atoms with Crippen LogP contribution in [0.4, 0.5) is 0 Å². The number of piperazine rings is 1. The van der Waals surface area contributed by atoms with Crippen LogP contribution in [0.25, 0.3) is 0 Å². The second-order valence-corrected chi connectivity index (χ2v) is 6.02. The van der Waals surface area contributed by atoms with Gasteiger partial charge in [0.05, 0.1) is 14.2 Å². The summed E-state index contributed by atoms with van der Waals surface area (Å²) < 4.78 is 10.9. The molecule has 1 saturated heterocycles. The molecule has 2 heterocycles. The van der Waals surface area contributed by atoms with E-state index < -0.39 is 0 Å². The van der Waals surface area contributed by atoms with Crippen LogP contribution in [-0.4, -0.2) is 49.3 Å². The van der Waals surface area contributed by atoms with Crippen molar-refractivity contribution in [2.24, 2.45) is 0 Å². The summed E-state index contributed by atoms with van der Waals surface area (Å²) in [6.07, 6.45) is 7.04. The van der Waals surface area contributed by atoms with E-state index >= 15 is 0 Å². The lowest BCUT2D eigenvalue weighted by Crippen LogP contribution is -2.59. The first-order chi connectivity index (χ1) is 10.3. The monoisotopic (exact) mass is 291 g/mol. The molecule has 2 aliphatic rings. The van der Waals surface area contributed by atoms with Gasteiger partial charge in [-0.2, -0.15) is 0 Å². The minimum absolute atomic E-state index is 0.314. The van der Waals surface area contributed by atoms with Crippen LogP contribution in [0.15, 0.2) is 12.3 Å². The van der Waals surface area contributed by atoms with E-state index in [1.54, 1.807) is 20.4 Å². The maximum atomic E-state index is 5.53. The fraction of sp³-hybridized carbons (Fsp3) is 0.688. The Morgan fingerprint density at radius 3 is 2.81 bits per heavy atom. The second-order valence-electron chi connectivity index (χ2n) is 6.02. The molecule has 1 aromatic heterocycles. The standard InChI is InChI=1S/C16H25N3O2/c1-20-14-5-8-18-13(15(14)21-2)11-19-10-9-17-12-16(19)6-3-4-7-16/h5,8,17H,3-4,6-7,9-12H2,1-2H3. The fourth-order valence-corrected chi connectivity index (χ4v) is 3.80. The molecule has 1 spiro atoms. The highest BCUT2D eigenvalue weighted by atomic mass is 16.5. The molecular weight excluding hydrogens is 266 g/mol. The SMILES string of the molecule is COc1ccnc(CN2CCNCC23CCCC3)c1OC. The van der Waals surface area contributed by atoms with Crippen molar-refractivity contribution in [2.75, 3.05) is 33.9 Å². The summed E-state index contributed by atoms with van der Waals surface area (Å²) in [5.74, 6) is 1.53. The third-order valence-electron chi connectivity index (χ3n) is 4.92. The van der Waals surface area contributed by atoms with Crippen LogP contribution >= 0.6 is 0 Å². The van der Waals surface area contributed by atoms with Crippen LogP contribution in [0, 0.1) is 0 Å². The zero-order valence-electron chi connectivity index (χ0n) is 13.0. The van der Waals surface area contributed by atoms with E-state index in [9.17, 15) is 0 Å². The van der Waals surface area contributed by atoms with E-state index in [0.29, 0.717) is 5.54 Å². The topological polar surface area (TPSA) is 46.6 Å². The number of ether oxygens (including phenoxy) is 2. The van der Waals surface area contributed by atoms with E-state index in [4.69, 9.17) is 9.47 Å². The maximum absolute atomic E-state index is 5.53. The largest absolute Gasteiger partial charge is 0.493 e. The molecule has 3 rings (SSSR count). The number of aromatic nitrogens is 1. The minimum Gasteiger partial charge on any atom is -0.493 e. The van der Waals surface area contributed by atoms with E-state index in [2.05, 4.69) is 15.2 Å². The van der Waals surface area contributed by atoms with Gasteiger partial charge in [0, 0.05) is 44.0 Å². The predicted octanol–water partition coefficient (Wildman–Crippen LogP) is 1.82. The lowest BCUT2D eigenvalue weighted by molar-refractivity contribution is 0.0552. The minimum atomic E-state index is 0.314. The zero-order chi connectivity index (χ0) is 14.7. The Hall–Kier alpha value is -1.33. The zero-order valence-corrected chi connectivity index (χ0v) is 13.0. The molecule has 0 atom stereocenters. The first-order valence-corrected chi connectivity index (χ1v) is 7.81. The van der Waals surface area contributed by atoms with Crippen molar-refractivity contribution in [3.63, 3.8) is 0 Å². The van der Waals surface area contributed by atoms with E-state index in [0.717, 1.165) is 43.4 Å². The number of rotatable bonds is 4. The van der Waals surface area contributed by atoms with Crippen molar-refractivity contribution >= 4 is 0 Å². The van der Waals surface area contributed by atoms with Gasteiger partial charge >= 0.3 is 0 Å². The molecule has 0 radical (unpaired) electrons. The van der Waals surface area contributed by atoms with Crippen molar-refractivity contribution in [1.82, 2.24) is 15.2 Å². The highest BCUT2D eigenvalue weighted by Gasteiger charge is 2.41. The number of hydrogen-bond acceptors (Lipinski definition) is 5. The number of methoxy groups -OCH3 is 2. The second kappa shape index (κ2) is 6.20. The Kier molecular flexibility index (Phi) is 4.31. The molecule has 0 aromatic carbocycles. The van der Waals surface area contributed by atoms with Crippen molar-refractivity contribution in [3.05, 3.63) is 18.0 Å². The van der Waals surface area contributed by atoms with Gasteiger partial charge in [0.25, 0.3) is 0 Å². The Bertz CT molecular complexity index is 486. The molecule has 5 nitrogen and oxygen atoms in total. The molecule has 116 valence electrons. The molecule has 1 aliphatic heterocycles. The highest BCUT2D eigenvalue weighted by Crippen LogP contribution is 2.38. The summed E-state index contributed by atoms with van der Waals surface area (Å²) in [6.45, 7) is 4.05. The first-order valence-electron chi connectivity index (χ1n) is 7.81. The average Bonchev–Trinajstić information content (AvgIpc) is 2.98. The first kappa shape index (κ1) is 14.6. The number of nitrogens with zero attached hydrogens (tertiary/aromatic N) is 2. The number of nitrogens with one attached hydrogen (secondary N) is 1. The predicted molar refractivity (Wildman–Crippen MR) is 81.8 cm³/mol. The molecule has 0 unspecified atom stereocenters. The van der Waals surface area contributed by atoms with E-state index in [-0.39, 0.29) is 0 Å². The normalized spacial score (nSPS) is 21.6. The smallest absolute Gasteiger partial charge is 0.183 e. The van der Waals surface area contributed by atoms with Gasteiger partial charge in [-0.25, -0.2) is 0 Å². The number of hydrogen-bond donors (Lipinski definition) is 1. The van der Waals surface area contributed by atoms with Crippen molar-refractivity contribution < 1.29 is 9.47 Å². The summed E-state index contributed by atoms with van der Waals surface area (Å²) >= 11 is 0. The van der Waals surface area contributed by atoms with Crippen LogP contribution in [0.3, 0.4) is 0 Å². The van der Waals surface area contributed by atoms with Gasteiger partial charge in [-0.05, 0) is 12.8 Å². The average molecular weight is 291 g/mol. The molecule has 21 heavy (non-hydrogen) atoms. The maximum Gasteiger partial charge on any atom is 0.183 e. The molecule has 1 aliphatic carbocycles. The lowest BCUT2D eigenvalue weighted by Gasteiger charge is -2.45. The Balaban J connectivity index is 1.85. The summed E-state index contributed by atoms with van der Waals surface area (Å²) in [6, 6.07) is 1.85. The van der Waals surface area contributed by atoms with Gasteiger partial charge in [-0.3, -0.25) is 9.88 Å². The molecule has 1 saturated carbocycles. The van der Waals surface area contributed by atoms with Gasteiger partial charge in [0.2, 0.25) is 0 Å². The molecule has 5 heteroatoms. The third kappa shape index (κ3) is 2.72. The van der Waals surface area contributed by atoms with E-state index in [1.165, 1.54) is 25.7 Å². The van der Waals surface area contributed by atoms with Crippen molar-refractivity contribution in [2.45, 2.75) is 37.8 Å². The molecule has 0 amide bonds. The van der Waals surface area contributed by atoms with Crippen molar-refractivity contribution in [1.29, 1.82) is 0 Å². The van der Waals surface area contributed by atoms with E-state index in [1.807, 2.05) is 6.07 Å². The lowest BCUT2D eigenvalue weighted by atomic mass is 9.92. The van der Waals surface area contributed by atoms with Crippen LogP contribution in [-0.2, 0) is 6.54 Å². The molecule has 2 fully saturated rings. The van der Waals surface area contributed by atoms with Gasteiger partial charge in [-0.15, -0.1) is 0 Å². The highest BCUT2D eigenvalue weighted by molar-refractivity contribution is 5.42. The van der Waals surface area contributed by atoms with Crippen LogP contribution in [0.2, 0.25) is 0 Å². The Labute approximate surface area is 126 Å². The molecule has 0 bridgehead atoms. The molecular formula is C16H25N3O2. The van der Waals surface area contributed by atoms with Crippen LogP contribution < -0.4 is 14.8 Å². The van der Waals surface area contributed by atoms with Gasteiger partial charge < -0.3 is 14.8 Å². The quantitative estimate of drug-likeness (QED) is 0.917. The van der Waals surface area contributed by atoms with Crippen molar-refractivity contribution in [3.8, 4) is 11.5 Å². The number of pyridine rings is 1. The molecule has 1 aromatic rings. The third-order valence-corrected chi connectivity index (χ3v) is 4.92. The Morgan fingerprint density at radius 2 is 2.10 bits per heavy atom. The fourth-order valence-electron chi connectivity index (χ4n) is 3.80. The summed E-state index contributed by atoms with van der Waals surface area (Å²) in [7, 11) is 3.36. The van der Waals surface area contributed by atoms with Gasteiger partial charge in [-0.1, -0.05) is 12.8 Å². The van der Waals surface area contributed by atoms with Gasteiger partial charge in [0.1, 0.15) is 5.69 Å². The summed E-state index contributed by atoms with van der Waals surface area (Å²) in [4.78, 5) is 7.14. The Morgan fingerprint density at radius 1 is 1.29 bits per heavy atom. The van der Waals surface area contributed by atoms with Crippen LogP contribution in [0.1, 0.15) is 31.4 Å². The van der Waals surface area contributed by atoms with Crippen LogP contribution in [0.5, 0.6) is 11.5 Å².